The number of nitrogens with one attached hydrogen (secondary N) is 1. The van der Waals surface area contributed by atoms with E-state index in [9.17, 15) is 0 Å². The highest BCUT2D eigenvalue weighted by Crippen LogP contribution is 2.12. The summed E-state index contributed by atoms with van der Waals surface area (Å²) in [4.78, 5) is 4.17. The average Bonchev–Trinajstić information content (AvgIpc) is 2.84. The van der Waals surface area contributed by atoms with Crippen LogP contribution < -0.4 is 5.32 Å². The molecule has 3 heteroatoms. The van der Waals surface area contributed by atoms with Crippen LogP contribution in [0.25, 0.3) is 0 Å². The van der Waals surface area contributed by atoms with Crippen molar-refractivity contribution in [1.29, 1.82) is 0 Å². The first-order valence-electron chi connectivity index (χ1n) is 6.08. The molecule has 3 nitrogen and oxygen atoms in total. The Bertz CT molecular complexity index is 448. The Morgan fingerprint density at radius 2 is 2.06 bits per heavy atom. The summed E-state index contributed by atoms with van der Waals surface area (Å²) < 4.78 is 2.16. The first-order chi connectivity index (χ1) is 8.31. The summed E-state index contributed by atoms with van der Waals surface area (Å²) in [5.41, 5.74) is 2.55. The quantitative estimate of drug-likeness (QED) is 0.854. The lowest BCUT2D eigenvalue weighted by molar-refractivity contribution is 0.549. The number of hydrogen-bond acceptors (Lipinski definition) is 2. The van der Waals surface area contributed by atoms with Gasteiger partial charge in [0.1, 0.15) is 0 Å². The lowest BCUT2D eigenvalue weighted by atomic mass is 10.1. The molecule has 90 valence electrons. The second-order valence-electron chi connectivity index (χ2n) is 4.18. The largest absolute Gasteiger partial charge is 0.334 e. The third kappa shape index (κ3) is 2.94. The fourth-order valence-electron chi connectivity index (χ4n) is 1.90. The van der Waals surface area contributed by atoms with Crippen LogP contribution in [0.3, 0.4) is 0 Å². The van der Waals surface area contributed by atoms with E-state index in [1.807, 2.05) is 18.6 Å². The predicted molar refractivity (Wildman–Crippen MR) is 69.6 cm³/mol. The van der Waals surface area contributed by atoms with Gasteiger partial charge in [-0.2, -0.15) is 0 Å². The van der Waals surface area contributed by atoms with E-state index < -0.39 is 0 Å². The van der Waals surface area contributed by atoms with Crippen molar-refractivity contribution < 1.29 is 0 Å². The van der Waals surface area contributed by atoms with E-state index in [2.05, 4.69) is 53.0 Å². The summed E-state index contributed by atoms with van der Waals surface area (Å²) in [6.45, 7) is 6.13. The van der Waals surface area contributed by atoms with Crippen LogP contribution in [-0.2, 0) is 13.1 Å². The number of aryl methyl sites for hydroxylation is 1. The van der Waals surface area contributed by atoms with Crippen LogP contribution >= 0.6 is 0 Å². The first-order valence-corrected chi connectivity index (χ1v) is 6.08. The zero-order valence-corrected chi connectivity index (χ0v) is 10.4. The minimum Gasteiger partial charge on any atom is -0.334 e. The van der Waals surface area contributed by atoms with E-state index in [1.165, 1.54) is 11.3 Å². The summed E-state index contributed by atoms with van der Waals surface area (Å²) >= 11 is 0. The fourth-order valence-corrected chi connectivity index (χ4v) is 1.90. The lowest BCUT2D eigenvalue weighted by Gasteiger charge is -2.14. The molecule has 0 aliphatic rings. The van der Waals surface area contributed by atoms with Crippen LogP contribution in [-0.4, -0.2) is 9.55 Å². The van der Waals surface area contributed by atoms with E-state index in [4.69, 9.17) is 0 Å². The Morgan fingerprint density at radius 1 is 1.29 bits per heavy atom. The van der Waals surface area contributed by atoms with Gasteiger partial charge in [0.2, 0.25) is 0 Å². The second-order valence-corrected chi connectivity index (χ2v) is 4.18. The van der Waals surface area contributed by atoms with E-state index in [1.54, 1.807) is 0 Å². The van der Waals surface area contributed by atoms with Crippen molar-refractivity contribution in [3.63, 3.8) is 0 Å². The maximum atomic E-state index is 4.17. The highest BCUT2D eigenvalue weighted by Gasteiger charge is 2.05. The van der Waals surface area contributed by atoms with Crippen LogP contribution in [0.1, 0.15) is 31.1 Å². The minimum absolute atomic E-state index is 0.358. The van der Waals surface area contributed by atoms with Crippen LogP contribution in [0.4, 0.5) is 0 Å². The first kappa shape index (κ1) is 11.9. The molecule has 0 aliphatic carbocycles. The van der Waals surface area contributed by atoms with Crippen molar-refractivity contribution >= 4 is 0 Å². The Labute approximate surface area is 103 Å². The standard InChI is InChI=1S/C14H19N3/c1-3-17-11-15-9-14(17)10-16-12(2)13-7-5-4-6-8-13/h4-9,11-12,16H,3,10H2,1-2H3/t12-/m1/s1. The van der Waals surface area contributed by atoms with E-state index in [0.29, 0.717) is 6.04 Å². The molecule has 0 spiro atoms. The lowest BCUT2D eigenvalue weighted by Crippen LogP contribution is -2.19. The Kier molecular flexibility index (Phi) is 3.94. The topological polar surface area (TPSA) is 29.9 Å². The van der Waals surface area contributed by atoms with Crippen LogP contribution in [0.5, 0.6) is 0 Å². The Morgan fingerprint density at radius 3 is 2.76 bits per heavy atom. The summed E-state index contributed by atoms with van der Waals surface area (Å²) in [5, 5.41) is 3.52. The van der Waals surface area contributed by atoms with E-state index >= 15 is 0 Å². The second kappa shape index (κ2) is 5.64. The van der Waals surface area contributed by atoms with Gasteiger partial charge in [0.25, 0.3) is 0 Å². The van der Waals surface area contributed by atoms with Gasteiger partial charge in [-0.3, -0.25) is 0 Å². The number of nitrogens with zero attached hydrogens (tertiary/aromatic N) is 2. The monoisotopic (exact) mass is 229 g/mol. The van der Waals surface area contributed by atoms with Crippen LogP contribution in [0, 0.1) is 0 Å². The average molecular weight is 229 g/mol. The molecule has 2 rings (SSSR count). The van der Waals surface area contributed by atoms with Crippen molar-refractivity contribution in [3.05, 3.63) is 54.1 Å². The number of rotatable bonds is 5. The smallest absolute Gasteiger partial charge is 0.0948 e. The normalized spacial score (nSPS) is 12.6. The van der Waals surface area contributed by atoms with Gasteiger partial charge in [-0.1, -0.05) is 30.3 Å². The highest BCUT2D eigenvalue weighted by atomic mass is 15.1. The molecule has 0 unspecified atom stereocenters. The van der Waals surface area contributed by atoms with Crippen molar-refractivity contribution in [2.24, 2.45) is 0 Å². The molecule has 0 bridgehead atoms. The van der Waals surface area contributed by atoms with Gasteiger partial charge in [-0.05, 0) is 19.4 Å². The molecule has 1 N–H and O–H groups in total. The summed E-state index contributed by atoms with van der Waals surface area (Å²) in [5.74, 6) is 0. The minimum atomic E-state index is 0.358. The molecule has 0 fully saturated rings. The van der Waals surface area contributed by atoms with Gasteiger partial charge in [-0.15, -0.1) is 0 Å². The molecule has 1 aromatic heterocycles. The zero-order valence-electron chi connectivity index (χ0n) is 10.4. The van der Waals surface area contributed by atoms with Crippen molar-refractivity contribution in [2.75, 3.05) is 0 Å². The molecule has 1 aromatic carbocycles. The predicted octanol–water partition coefficient (Wildman–Crippen LogP) is 2.75. The Balaban J connectivity index is 1.95. The number of hydrogen-bond donors (Lipinski definition) is 1. The van der Waals surface area contributed by atoms with Gasteiger partial charge < -0.3 is 9.88 Å². The third-order valence-corrected chi connectivity index (χ3v) is 3.03. The number of benzene rings is 1. The van der Waals surface area contributed by atoms with Crippen molar-refractivity contribution in [3.8, 4) is 0 Å². The molecule has 0 saturated carbocycles. The molecule has 0 amide bonds. The molecule has 0 radical (unpaired) electrons. The summed E-state index contributed by atoms with van der Waals surface area (Å²) in [7, 11) is 0. The molecule has 0 aliphatic heterocycles. The Hall–Kier alpha value is -1.61. The van der Waals surface area contributed by atoms with Gasteiger partial charge in [0.05, 0.1) is 12.0 Å². The number of imidazole rings is 1. The molecular formula is C14H19N3. The van der Waals surface area contributed by atoms with Gasteiger partial charge >= 0.3 is 0 Å². The summed E-state index contributed by atoms with van der Waals surface area (Å²) in [6.07, 6.45) is 3.80. The maximum absolute atomic E-state index is 4.17. The van der Waals surface area contributed by atoms with Crippen molar-refractivity contribution in [1.82, 2.24) is 14.9 Å². The third-order valence-electron chi connectivity index (χ3n) is 3.03. The summed E-state index contributed by atoms with van der Waals surface area (Å²) in [6, 6.07) is 10.8. The SMILES string of the molecule is CCn1cncc1CN[C@H](C)c1ccccc1. The molecular weight excluding hydrogens is 210 g/mol. The number of aromatic nitrogens is 2. The molecule has 0 saturated heterocycles. The fraction of sp³-hybridized carbons (Fsp3) is 0.357. The van der Waals surface area contributed by atoms with Crippen LogP contribution in [0.2, 0.25) is 0 Å². The van der Waals surface area contributed by atoms with Gasteiger partial charge in [0.15, 0.2) is 0 Å². The van der Waals surface area contributed by atoms with E-state index in [-0.39, 0.29) is 0 Å². The zero-order chi connectivity index (χ0) is 12.1. The van der Waals surface area contributed by atoms with Gasteiger partial charge in [-0.25, -0.2) is 4.98 Å². The molecule has 1 atom stereocenters. The molecule has 1 heterocycles. The van der Waals surface area contributed by atoms with Crippen LogP contribution in [0.15, 0.2) is 42.9 Å². The maximum Gasteiger partial charge on any atom is 0.0948 e. The van der Waals surface area contributed by atoms with E-state index in [0.717, 1.165) is 13.1 Å². The van der Waals surface area contributed by atoms with Gasteiger partial charge in [0, 0.05) is 25.3 Å². The molecule has 17 heavy (non-hydrogen) atoms. The van der Waals surface area contributed by atoms with Crippen molar-refractivity contribution in [2.45, 2.75) is 33.0 Å². The highest BCUT2D eigenvalue weighted by molar-refractivity contribution is 5.18. The molecule has 2 aromatic rings.